The van der Waals surface area contributed by atoms with Crippen molar-refractivity contribution in [1.29, 1.82) is 0 Å². The van der Waals surface area contributed by atoms with Crippen molar-refractivity contribution in [3.63, 3.8) is 0 Å². The summed E-state index contributed by atoms with van der Waals surface area (Å²) in [6.45, 7) is 8.55. The van der Waals surface area contributed by atoms with Gasteiger partial charge in [0.25, 0.3) is 0 Å². The lowest BCUT2D eigenvalue weighted by atomic mass is 10.1. The van der Waals surface area contributed by atoms with Gasteiger partial charge in [-0.2, -0.15) is 0 Å². The van der Waals surface area contributed by atoms with E-state index >= 15 is 0 Å². The summed E-state index contributed by atoms with van der Waals surface area (Å²) in [5, 5.41) is 3.55. The van der Waals surface area contributed by atoms with Gasteiger partial charge in [-0.05, 0) is 70.8 Å². The number of nitrogens with one attached hydrogen (secondary N) is 1. The number of unbranched alkanes of at least 4 members (excludes halogenated alkanes) is 22. The van der Waals surface area contributed by atoms with Gasteiger partial charge in [0.1, 0.15) is 0 Å². The molecule has 0 atom stereocenters. The zero-order chi connectivity index (χ0) is 27.5. The Bertz CT molecular complexity index is 458. The van der Waals surface area contributed by atoms with E-state index in [0.29, 0.717) is 0 Å². The van der Waals surface area contributed by atoms with Crippen LogP contribution in [0.2, 0.25) is 0 Å². The van der Waals surface area contributed by atoms with Gasteiger partial charge in [-0.15, -0.1) is 0 Å². The lowest BCUT2D eigenvalue weighted by Crippen LogP contribution is -2.21. The van der Waals surface area contributed by atoms with Crippen molar-refractivity contribution in [2.24, 2.45) is 0 Å². The number of rotatable bonds is 33. The Hall–Kier alpha value is -0.600. The summed E-state index contributed by atoms with van der Waals surface area (Å²) < 4.78 is 5.80. The first-order chi connectivity index (χ1) is 18.9. The highest BCUT2D eigenvalue weighted by Gasteiger charge is 1.95. The third-order valence-corrected chi connectivity index (χ3v) is 7.59. The van der Waals surface area contributed by atoms with E-state index in [-0.39, 0.29) is 0 Å². The fourth-order valence-corrected chi connectivity index (χ4v) is 4.97. The van der Waals surface area contributed by atoms with Gasteiger partial charge in [0.2, 0.25) is 0 Å². The molecule has 0 aliphatic heterocycles. The van der Waals surface area contributed by atoms with Crippen LogP contribution >= 0.6 is 0 Å². The van der Waals surface area contributed by atoms with Crippen LogP contribution < -0.4 is 5.32 Å². The summed E-state index contributed by atoms with van der Waals surface area (Å²) in [7, 11) is 0. The molecule has 226 valence electrons. The molecule has 0 rings (SSSR count). The van der Waals surface area contributed by atoms with Crippen LogP contribution in [-0.4, -0.2) is 26.3 Å². The van der Waals surface area contributed by atoms with Gasteiger partial charge in [0, 0.05) is 13.2 Å². The molecule has 0 aromatic carbocycles. The summed E-state index contributed by atoms with van der Waals surface area (Å²) in [5.74, 6) is 0. The average Bonchev–Trinajstić information content (AvgIpc) is 2.93. The molecule has 0 aliphatic rings. The SMILES string of the molecule is CCCCCCC=CCCCCCCCCNCCOCCCCCCCC/C=C\CCCCCCCC. The molecule has 0 radical (unpaired) electrons. The smallest absolute Gasteiger partial charge is 0.0590 e. The van der Waals surface area contributed by atoms with Crippen molar-refractivity contribution >= 4 is 0 Å². The molecule has 0 aromatic heterocycles. The number of hydrogen-bond acceptors (Lipinski definition) is 2. The first kappa shape index (κ1) is 37.4. The van der Waals surface area contributed by atoms with Gasteiger partial charge in [0.15, 0.2) is 0 Å². The molecule has 1 N–H and O–H groups in total. The minimum absolute atomic E-state index is 0.872. The Balaban J connectivity index is 3.08. The second-order valence-corrected chi connectivity index (χ2v) is 11.5. The quantitative estimate of drug-likeness (QED) is 0.0669. The molecule has 0 heterocycles. The van der Waals surface area contributed by atoms with E-state index in [9.17, 15) is 0 Å². The van der Waals surface area contributed by atoms with Crippen LogP contribution in [-0.2, 0) is 4.74 Å². The van der Waals surface area contributed by atoms with Crippen molar-refractivity contribution in [1.82, 2.24) is 5.32 Å². The lowest BCUT2D eigenvalue weighted by molar-refractivity contribution is 0.131. The normalized spacial score (nSPS) is 11.9. The van der Waals surface area contributed by atoms with E-state index in [2.05, 4.69) is 43.5 Å². The van der Waals surface area contributed by atoms with Crippen LogP contribution in [0, 0.1) is 0 Å². The third-order valence-electron chi connectivity index (χ3n) is 7.59. The largest absolute Gasteiger partial charge is 0.380 e. The van der Waals surface area contributed by atoms with Gasteiger partial charge >= 0.3 is 0 Å². The Morgan fingerprint density at radius 2 is 0.737 bits per heavy atom. The maximum atomic E-state index is 5.80. The van der Waals surface area contributed by atoms with Gasteiger partial charge in [0.05, 0.1) is 6.61 Å². The van der Waals surface area contributed by atoms with Crippen molar-refractivity contribution < 1.29 is 4.74 Å². The van der Waals surface area contributed by atoms with Crippen molar-refractivity contribution in [3.05, 3.63) is 24.3 Å². The zero-order valence-corrected chi connectivity index (χ0v) is 26.4. The fraction of sp³-hybridized carbons (Fsp3) is 0.889. The summed E-state index contributed by atoms with van der Waals surface area (Å²) in [6.07, 6.45) is 45.1. The molecule has 0 aliphatic carbocycles. The molecule has 2 heteroatoms. The fourth-order valence-electron chi connectivity index (χ4n) is 4.97. The molecule has 0 aromatic rings. The van der Waals surface area contributed by atoms with Gasteiger partial charge in [-0.25, -0.2) is 0 Å². The summed E-state index contributed by atoms with van der Waals surface area (Å²) in [6, 6.07) is 0. The molecule has 0 spiro atoms. The van der Waals surface area contributed by atoms with Crippen LogP contribution in [0.5, 0.6) is 0 Å². The summed E-state index contributed by atoms with van der Waals surface area (Å²) in [5.41, 5.74) is 0. The monoisotopic (exact) mass is 534 g/mol. The minimum Gasteiger partial charge on any atom is -0.380 e. The molecule has 0 saturated carbocycles. The molecule has 0 amide bonds. The molecule has 2 nitrogen and oxygen atoms in total. The Kier molecular flexibility index (Phi) is 35.8. The first-order valence-corrected chi connectivity index (χ1v) is 17.5. The standard InChI is InChI=1S/C36H71NO/c1-3-5-7-9-11-13-15-17-19-20-22-24-26-28-30-32-35-38-36-34-37-33-31-29-27-25-23-21-18-16-14-12-10-8-6-4-2/h14,16-17,19,37H,3-13,15,18,20-36H2,1-2H3/b16-14?,19-17-. The predicted molar refractivity (Wildman–Crippen MR) is 173 cm³/mol. The van der Waals surface area contributed by atoms with Gasteiger partial charge < -0.3 is 10.1 Å². The van der Waals surface area contributed by atoms with E-state index in [1.165, 1.54) is 167 Å². The second-order valence-electron chi connectivity index (χ2n) is 11.5. The molecular formula is C36H71NO. The molecule has 0 saturated heterocycles. The summed E-state index contributed by atoms with van der Waals surface area (Å²) in [4.78, 5) is 0. The second kappa shape index (κ2) is 36.4. The molecule has 38 heavy (non-hydrogen) atoms. The van der Waals surface area contributed by atoms with Crippen LogP contribution in [0.25, 0.3) is 0 Å². The highest BCUT2D eigenvalue weighted by Crippen LogP contribution is 2.11. The van der Waals surface area contributed by atoms with E-state index < -0.39 is 0 Å². The molecule has 0 unspecified atom stereocenters. The van der Waals surface area contributed by atoms with E-state index in [1.54, 1.807) is 0 Å². The van der Waals surface area contributed by atoms with Crippen LogP contribution in [0.3, 0.4) is 0 Å². The predicted octanol–water partition coefficient (Wildman–Crippen LogP) is 11.9. The highest BCUT2D eigenvalue weighted by molar-refractivity contribution is 4.82. The van der Waals surface area contributed by atoms with Gasteiger partial charge in [-0.1, -0.05) is 141 Å². The van der Waals surface area contributed by atoms with Crippen molar-refractivity contribution in [2.45, 2.75) is 181 Å². The minimum atomic E-state index is 0.872. The maximum Gasteiger partial charge on any atom is 0.0590 e. The molecule has 0 fully saturated rings. The van der Waals surface area contributed by atoms with Crippen LogP contribution in [0.15, 0.2) is 24.3 Å². The number of ether oxygens (including phenoxy) is 1. The third kappa shape index (κ3) is 35.4. The maximum absolute atomic E-state index is 5.80. The summed E-state index contributed by atoms with van der Waals surface area (Å²) >= 11 is 0. The molecular weight excluding hydrogens is 462 g/mol. The highest BCUT2D eigenvalue weighted by atomic mass is 16.5. The van der Waals surface area contributed by atoms with Crippen molar-refractivity contribution in [3.8, 4) is 0 Å². The Labute approximate surface area is 241 Å². The van der Waals surface area contributed by atoms with Crippen LogP contribution in [0.4, 0.5) is 0 Å². The van der Waals surface area contributed by atoms with E-state index in [4.69, 9.17) is 4.74 Å². The first-order valence-electron chi connectivity index (χ1n) is 17.5. The molecule has 0 bridgehead atoms. The lowest BCUT2D eigenvalue weighted by Gasteiger charge is -2.06. The van der Waals surface area contributed by atoms with Crippen molar-refractivity contribution in [2.75, 3.05) is 26.3 Å². The number of hydrogen-bond donors (Lipinski definition) is 1. The topological polar surface area (TPSA) is 21.3 Å². The van der Waals surface area contributed by atoms with Crippen LogP contribution in [0.1, 0.15) is 181 Å². The number of allylic oxidation sites excluding steroid dienone is 4. The van der Waals surface area contributed by atoms with E-state index in [0.717, 1.165) is 26.3 Å². The average molecular weight is 534 g/mol. The Morgan fingerprint density at radius 3 is 1.21 bits per heavy atom. The Morgan fingerprint density at radius 1 is 0.368 bits per heavy atom. The zero-order valence-electron chi connectivity index (χ0n) is 26.4. The van der Waals surface area contributed by atoms with Gasteiger partial charge in [-0.3, -0.25) is 0 Å². The van der Waals surface area contributed by atoms with E-state index in [1.807, 2.05) is 0 Å².